The first-order chi connectivity index (χ1) is 9.70. The summed E-state index contributed by atoms with van der Waals surface area (Å²) >= 11 is 0. The Morgan fingerprint density at radius 2 is 2.25 bits per heavy atom. The average Bonchev–Trinajstić information content (AvgIpc) is 2.96. The number of carbonyl (C=O) groups is 1. The number of rotatable bonds is 2. The number of esters is 1. The Bertz CT molecular complexity index is 657. The molecule has 1 aliphatic heterocycles. The van der Waals surface area contributed by atoms with E-state index >= 15 is 0 Å². The summed E-state index contributed by atoms with van der Waals surface area (Å²) in [6.45, 7) is 0.770. The summed E-state index contributed by atoms with van der Waals surface area (Å²) in [6.07, 6.45) is 1.70. The van der Waals surface area contributed by atoms with Crippen molar-refractivity contribution in [2.75, 3.05) is 18.6 Å². The van der Waals surface area contributed by atoms with Gasteiger partial charge in [0.1, 0.15) is 23.1 Å². The number of anilines is 1. The van der Waals surface area contributed by atoms with Crippen molar-refractivity contribution < 1.29 is 14.6 Å². The maximum absolute atomic E-state index is 11.8. The number of phenols is 1. The molecule has 1 aromatic carbocycles. The van der Waals surface area contributed by atoms with Crippen LogP contribution in [0, 0.1) is 0 Å². The number of pyridine rings is 1. The Balaban J connectivity index is 2.01. The highest BCUT2D eigenvalue weighted by atomic mass is 16.5. The average molecular weight is 272 g/mol. The Morgan fingerprint density at radius 3 is 3.05 bits per heavy atom. The Kier molecular flexibility index (Phi) is 3.18. The van der Waals surface area contributed by atoms with Crippen LogP contribution >= 0.6 is 0 Å². The molecule has 1 atom stereocenters. The molecule has 1 unspecified atom stereocenters. The van der Waals surface area contributed by atoms with Gasteiger partial charge in [-0.2, -0.15) is 0 Å². The highest BCUT2D eigenvalue weighted by molar-refractivity contribution is 5.86. The summed E-state index contributed by atoms with van der Waals surface area (Å²) in [5, 5.41) is 10.8. The second-order valence-electron chi connectivity index (χ2n) is 4.89. The lowest BCUT2D eigenvalue weighted by Gasteiger charge is -2.23. The lowest BCUT2D eigenvalue weighted by Crippen LogP contribution is -2.37. The number of hydrogen-bond donors (Lipinski definition) is 1. The van der Waals surface area contributed by atoms with E-state index in [4.69, 9.17) is 4.74 Å². The Morgan fingerprint density at radius 1 is 1.40 bits per heavy atom. The number of carbonyl (C=O) groups excluding carboxylic acids is 1. The number of ether oxygens (including phenoxy) is 1. The fourth-order valence-electron chi connectivity index (χ4n) is 2.70. The van der Waals surface area contributed by atoms with Crippen LogP contribution in [0.15, 0.2) is 30.3 Å². The highest BCUT2D eigenvalue weighted by Crippen LogP contribution is 2.29. The van der Waals surface area contributed by atoms with Gasteiger partial charge in [-0.3, -0.25) is 0 Å². The molecule has 1 N–H and O–H groups in total. The molecule has 2 aromatic rings. The Labute approximate surface area is 116 Å². The molecule has 1 aromatic heterocycles. The van der Waals surface area contributed by atoms with Crippen LogP contribution in [-0.4, -0.2) is 35.8 Å². The van der Waals surface area contributed by atoms with Gasteiger partial charge in [-0.15, -0.1) is 0 Å². The van der Waals surface area contributed by atoms with Crippen LogP contribution in [0.3, 0.4) is 0 Å². The summed E-state index contributed by atoms with van der Waals surface area (Å²) in [6, 6.07) is 8.80. The lowest BCUT2D eigenvalue weighted by atomic mass is 10.2. The fourth-order valence-corrected chi connectivity index (χ4v) is 2.70. The van der Waals surface area contributed by atoms with Gasteiger partial charge >= 0.3 is 5.97 Å². The largest absolute Gasteiger partial charge is 0.506 e. The van der Waals surface area contributed by atoms with Crippen molar-refractivity contribution in [3.05, 3.63) is 30.3 Å². The van der Waals surface area contributed by atoms with E-state index in [0.717, 1.165) is 24.8 Å². The molecule has 0 amide bonds. The minimum absolute atomic E-state index is 0.151. The van der Waals surface area contributed by atoms with Crippen molar-refractivity contribution in [1.29, 1.82) is 0 Å². The van der Waals surface area contributed by atoms with Crippen LogP contribution in [0.25, 0.3) is 10.9 Å². The molecule has 1 aliphatic rings. The van der Waals surface area contributed by atoms with Crippen molar-refractivity contribution >= 4 is 22.7 Å². The predicted molar refractivity (Wildman–Crippen MR) is 75.8 cm³/mol. The third-order valence-corrected chi connectivity index (χ3v) is 3.70. The molecule has 104 valence electrons. The van der Waals surface area contributed by atoms with E-state index in [-0.39, 0.29) is 17.8 Å². The summed E-state index contributed by atoms with van der Waals surface area (Å²) in [4.78, 5) is 18.2. The third kappa shape index (κ3) is 2.05. The van der Waals surface area contributed by atoms with Gasteiger partial charge in [0.2, 0.25) is 0 Å². The molecule has 5 nitrogen and oxygen atoms in total. The normalized spacial score (nSPS) is 18.4. The van der Waals surface area contributed by atoms with Crippen LogP contribution in [0.4, 0.5) is 5.82 Å². The van der Waals surface area contributed by atoms with Crippen LogP contribution in [-0.2, 0) is 9.53 Å². The molecule has 1 saturated heterocycles. The number of benzene rings is 1. The van der Waals surface area contributed by atoms with Gasteiger partial charge in [0.05, 0.1) is 7.11 Å². The van der Waals surface area contributed by atoms with Gasteiger partial charge in [-0.25, -0.2) is 9.78 Å². The zero-order chi connectivity index (χ0) is 14.1. The van der Waals surface area contributed by atoms with E-state index in [1.165, 1.54) is 7.11 Å². The summed E-state index contributed by atoms with van der Waals surface area (Å²) in [5.41, 5.74) is 0.556. The van der Waals surface area contributed by atoms with Crippen LogP contribution in [0.2, 0.25) is 0 Å². The van der Waals surface area contributed by atoms with Crippen LogP contribution in [0.5, 0.6) is 5.75 Å². The first-order valence-electron chi connectivity index (χ1n) is 6.64. The number of fused-ring (bicyclic) bond motifs is 1. The monoisotopic (exact) mass is 272 g/mol. The molecule has 0 spiro atoms. The molecule has 2 heterocycles. The second-order valence-corrected chi connectivity index (χ2v) is 4.89. The minimum atomic E-state index is -0.282. The van der Waals surface area contributed by atoms with Crippen molar-refractivity contribution in [2.24, 2.45) is 0 Å². The topological polar surface area (TPSA) is 62.7 Å². The molecular formula is C15H16N2O3. The smallest absolute Gasteiger partial charge is 0.328 e. The van der Waals surface area contributed by atoms with Crippen LogP contribution in [0.1, 0.15) is 12.8 Å². The molecule has 0 radical (unpaired) electrons. The van der Waals surface area contributed by atoms with Gasteiger partial charge in [-0.05, 0) is 31.0 Å². The predicted octanol–water partition coefficient (Wildman–Crippen LogP) is 2.08. The van der Waals surface area contributed by atoms with Crippen molar-refractivity contribution in [3.8, 4) is 5.75 Å². The van der Waals surface area contributed by atoms with Gasteiger partial charge in [0, 0.05) is 11.9 Å². The van der Waals surface area contributed by atoms with E-state index in [9.17, 15) is 9.90 Å². The first kappa shape index (κ1) is 12.7. The molecule has 5 heteroatoms. The second kappa shape index (κ2) is 5.00. The summed E-state index contributed by atoms with van der Waals surface area (Å²) in [7, 11) is 1.40. The number of hydrogen-bond acceptors (Lipinski definition) is 5. The van der Waals surface area contributed by atoms with Crippen LogP contribution < -0.4 is 4.90 Å². The molecule has 3 rings (SSSR count). The fraction of sp³-hybridized carbons (Fsp3) is 0.333. The highest BCUT2D eigenvalue weighted by Gasteiger charge is 2.32. The maximum Gasteiger partial charge on any atom is 0.328 e. The standard InChI is InChI=1S/C15H16N2O3/c1-20-15(19)11-5-3-9-17(11)13-8-7-10-4-2-6-12(18)14(10)16-13/h2,4,6-8,11,18H,3,5,9H2,1H3. The number of aromatic nitrogens is 1. The molecule has 0 aliphatic carbocycles. The zero-order valence-electron chi connectivity index (χ0n) is 11.2. The van der Waals surface area contributed by atoms with Gasteiger partial charge in [-0.1, -0.05) is 12.1 Å². The van der Waals surface area contributed by atoms with Crippen molar-refractivity contribution in [2.45, 2.75) is 18.9 Å². The summed E-state index contributed by atoms with van der Waals surface area (Å²) < 4.78 is 4.84. The van der Waals surface area contributed by atoms with Crippen molar-refractivity contribution in [3.63, 3.8) is 0 Å². The van der Waals surface area contributed by atoms with E-state index in [2.05, 4.69) is 4.98 Å². The zero-order valence-corrected chi connectivity index (χ0v) is 11.2. The number of methoxy groups -OCH3 is 1. The first-order valence-corrected chi connectivity index (χ1v) is 6.64. The van der Waals surface area contributed by atoms with E-state index in [1.54, 1.807) is 12.1 Å². The quantitative estimate of drug-likeness (QED) is 0.848. The van der Waals surface area contributed by atoms with Gasteiger partial charge < -0.3 is 14.7 Å². The van der Waals surface area contributed by atoms with E-state index in [1.807, 2.05) is 23.1 Å². The minimum Gasteiger partial charge on any atom is -0.506 e. The van der Waals surface area contributed by atoms with Gasteiger partial charge in [0.25, 0.3) is 0 Å². The van der Waals surface area contributed by atoms with Gasteiger partial charge in [0.15, 0.2) is 0 Å². The van der Waals surface area contributed by atoms with Crippen molar-refractivity contribution in [1.82, 2.24) is 4.98 Å². The number of nitrogens with zero attached hydrogens (tertiary/aromatic N) is 2. The lowest BCUT2D eigenvalue weighted by molar-refractivity contribution is -0.141. The molecule has 0 saturated carbocycles. The Hall–Kier alpha value is -2.30. The number of para-hydroxylation sites is 1. The molecular weight excluding hydrogens is 256 g/mol. The molecule has 20 heavy (non-hydrogen) atoms. The number of aromatic hydroxyl groups is 1. The SMILES string of the molecule is COC(=O)C1CCCN1c1ccc2cccc(O)c2n1. The molecule has 1 fully saturated rings. The summed E-state index contributed by atoms with van der Waals surface area (Å²) in [5.74, 6) is 0.617. The maximum atomic E-state index is 11.8. The molecule has 0 bridgehead atoms. The number of phenolic OH excluding ortho intramolecular Hbond substituents is 1. The van der Waals surface area contributed by atoms with E-state index < -0.39 is 0 Å². The van der Waals surface area contributed by atoms with E-state index in [0.29, 0.717) is 11.3 Å². The third-order valence-electron chi connectivity index (χ3n) is 3.70.